The van der Waals surface area contributed by atoms with Gasteiger partial charge in [-0.15, -0.1) is 0 Å². The summed E-state index contributed by atoms with van der Waals surface area (Å²) in [5.74, 6) is 2.77. The van der Waals surface area contributed by atoms with E-state index in [1.807, 2.05) is 48.5 Å². The van der Waals surface area contributed by atoms with E-state index in [0.717, 1.165) is 22.1 Å². The minimum atomic E-state index is -0.105. The van der Waals surface area contributed by atoms with Crippen molar-refractivity contribution in [1.29, 1.82) is 0 Å². The van der Waals surface area contributed by atoms with Gasteiger partial charge >= 0.3 is 0 Å². The van der Waals surface area contributed by atoms with Gasteiger partial charge < -0.3 is 10.1 Å². The molecule has 2 aromatic carbocycles. The third kappa shape index (κ3) is 7.00. The van der Waals surface area contributed by atoms with Gasteiger partial charge in [0.1, 0.15) is 5.75 Å². The van der Waals surface area contributed by atoms with Crippen LogP contribution in [0.3, 0.4) is 0 Å². The second-order valence-electron chi connectivity index (χ2n) is 6.01. The zero-order valence-electron chi connectivity index (χ0n) is 14.6. The molecule has 0 bridgehead atoms. The minimum Gasteiger partial charge on any atom is -0.484 e. The van der Waals surface area contributed by atoms with Crippen molar-refractivity contribution >= 4 is 29.3 Å². The number of carbonyl (C=O) groups is 1. The first-order valence-electron chi connectivity index (χ1n) is 8.37. The maximum absolute atomic E-state index is 11.8. The molecule has 0 atom stereocenters. The molecule has 0 saturated carbocycles. The molecule has 0 aromatic heterocycles. The summed E-state index contributed by atoms with van der Waals surface area (Å²) in [6.45, 7) is 4.94. The summed E-state index contributed by atoms with van der Waals surface area (Å²) in [7, 11) is 0. The highest BCUT2D eigenvalue weighted by Gasteiger charge is 2.04. The molecule has 25 heavy (non-hydrogen) atoms. The molecule has 0 saturated heterocycles. The first-order chi connectivity index (χ1) is 12.1. The van der Waals surface area contributed by atoms with Crippen molar-refractivity contribution in [3.63, 3.8) is 0 Å². The number of nitrogens with one attached hydrogen (secondary N) is 1. The summed E-state index contributed by atoms with van der Waals surface area (Å²) < 4.78 is 5.51. The Balaban J connectivity index is 1.60. The van der Waals surface area contributed by atoms with Gasteiger partial charge in [0, 0.05) is 23.1 Å². The molecule has 1 amide bonds. The average Bonchev–Trinajstić information content (AvgIpc) is 2.61. The van der Waals surface area contributed by atoms with Gasteiger partial charge in [-0.2, -0.15) is 11.8 Å². The Morgan fingerprint density at radius 2 is 1.88 bits per heavy atom. The highest BCUT2D eigenvalue weighted by atomic mass is 35.5. The third-order valence-electron chi connectivity index (χ3n) is 3.70. The highest BCUT2D eigenvalue weighted by molar-refractivity contribution is 7.98. The standard InChI is InChI=1S/C20H24ClNO2S/c1-15(2)16-7-9-18(10-8-16)24-13-20(23)22-11-12-25-14-17-5-3-4-6-19(17)21/h3-10,15H,11-14H2,1-2H3,(H,22,23). The number of thioether (sulfide) groups is 1. The van der Waals surface area contributed by atoms with Crippen molar-refractivity contribution in [1.82, 2.24) is 5.32 Å². The van der Waals surface area contributed by atoms with Crippen molar-refractivity contribution < 1.29 is 9.53 Å². The van der Waals surface area contributed by atoms with Crippen molar-refractivity contribution in [3.05, 3.63) is 64.7 Å². The average molecular weight is 378 g/mol. The maximum Gasteiger partial charge on any atom is 0.257 e. The molecule has 0 heterocycles. The number of benzene rings is 2. The molecule has 0 aliphatic carbocycles. The van der Waals surface area contributed by atoms with E-state index in [0.29, 0.717) is 18.2 Å². The summed E-state index contributed by atoms with van der Waals surface area (Å²) in [6, 6.07) is 15.7. The molecule has 3 nitrogen and oxygen atoms in total. The highest BCUT2D eigenvalue weighted by Crippen LogP contribution is 2.20. The van der Waals surface area contributed by atoms with Crippen LogP contribution in [-0.4, -0.2) is 24.8 Å². The van der Waals surface area contributed by atoms with E-state index in [9.17, 15) is 4.79 Å². The molecule has 2 aromatic rings. The summed E-state index contributed by atoms with van der Waals surface area (Å²) >= 11 is 7.86. The van der Waals surface area contributed by atoms with Crippen LogP contribution >= 0.6 is 23.4 Å². The molecule has 5 heteroatoms. The summed E-state index contributed by atoms with van der Waals surface area (Å²) in [5.41, 5.74) is 2.38. The van der Waals surface area contributed by atoms with Gasteiger partial charge in [-0.25, -0.2) is 0 Å². The first-order valence-corrected chi connectivity index (χ1v) is 9.90. The smallest absolute Gasteiger partial charge is 0.257 e. The third-order valence-corrected chi connectivity index (χ3v) is 5.08. The molecule has 2 rings (SSSR count). The fourth-order valence-corrected chi connectivity index (χ4v) is 3.35. The van der Waals surface area contributed by atoms with Gasteiger partial charge in [-0.05, 0) is 35.2 Å². The Morgan fingerprint density at radius 1 is 1.16 bits per heavy atom. The Kier molecular flexibility index (Phi) is 8.16. The molecule has 1 N–H and O–H groups in total. The lowest BCUT2D eigenvalue weighted by Crippen LogP contribution is -2.30. The Hall–Kier alpha value is -1.65. The van der Waals surface area contributed by atoms with Crippen LogP contribution in [0.15, 0.2) is 48.5 Å². The van der Waals surface area contributed by atoms with E-state index >= 15 is 0 Å². The quantitative estimate of drug-likeness (QED) is 0.632. The summed E-state index contributed by atoms with van der Waals surface area (Å²) in [6.07, 6.45) is 0. The zero-order chi connectivity index (χ0) is 18.1. The van der Waals surface area contributed by atoms with Crippen LogP contribution < -0.4 is 10.1 Å². The largest absolute Gasteiger partial charge is 0.484 e. The van der Waals surface area contributed by atoms with E-state index in [1.165, 1.54) is 5.56 Å². The molecular weight excluding hydrogens is 354 g/mol. The Bertz CT molecular complexity index is 674. The van der Waals surface area contributed by atoms with Gasteiger partial charge in [0.05, 0.1) is 0 Å². The van der Waals surface area contributed by atoms with E-state index in [2.05, 4.69) is 19.2 Å². The molecule has 0 radical (unpaired) electrons. The van der Waals surface area contributed by atoms with E-state index in [-0.39, 0.29) is 12.5 Å². The van der Waals surface area contributed by atoms with Crippen molar-refractivity contribution in [2.75, 3.05) is 18.9 Å². The van der Waals surface area contributed by atoms with Crippen LogP contribution in [-0.2, 0) is 10.5 Å². The topological polar surface area (TPSA) is 38.3 Å². The number of halogens is 1. The Morgan fingerprint density at radius 3 is 2.56 bits per heavy atom. The number of rotatable bonds is 9. The lowest BCUT2D eigenvalue weighted by atomic mass is 10.0. The molecule has 0 aliphatic rings. The van der Waals surface area contributed by atoms with E-state index in [4.69, 9.17) is 16.3 Å². The van der Waals surface area contributed by atoms with Gasteiger partial charge in [-0.1, -0.05) is 55.8 Å². The SMILES string of the molecule is CC(C)c1ccc(OCC(=O)NCCSCc2ccccc2Cl)cc1. The monoisotopic (exact) mass is 377 g/mol. The van der Waals surface area contributed by atoms with Crippen LogP contribution in [0.4, 0.5) is 0 Å². The van der Waals surface area contributed by atoms with Crippen LogP contribution in [0.25, 0.3) is 0 Å². The zero-order valence-corrected chi connectivity index (χ0v) is 16.2. The van der Waals surface area contributed by atoms with Crippen LogP contribution in [0.5, 0.6) is 5.75 Å². The molecule has 0 spiro atoms. The van der Waals surface area contributed by atoms with Crippen LogP contribution in [0, 0.1) is 0 Å². The second-order valence-corrected chi connectivity index (χ2v) is 7.52. The minimum absolute atomic E-state index is 0.0379. The fourth-order valence-electron chi connectivity index (χ4n) is 2.21. The number of hydrogen-bond donors (Lipinski definition) is 1. The molecule has 0 unspecified atom stereocenters. The first kappa shape index (κ1) is 19.7. The number of amides is 1. The lowest BCUT2D eigenvalue weighted by Gasteiger charge is -2.09. The van der Waals surface area contributed by atoms with E-state index in [1.54, 1.807) is 11.8 Å². The lowest BCUT2D eigenvalue weighted by molar-refractivity contribution is -0.122. The molecule has 0 fully saturated rings. The van der Waals surface area contributed by atoms with Crippen LogP contribution in [0.1, 0.15) is 30.9 Å². The predicted octanol–water partition coefficient (Wildman–Crippen LogP) is 4.89. The Labute approximate surface area is 159 Å². The van der Waals surface area contributed by atoms with Crippen molar-refractivity contribution in [2.24, 2.45) is 0 Å². The molecular formula is C20H24ClNO2S. The van der Waals surface area contributed by atoms with Gasteiger partial charge in [-0.3, -0.25) is 4.79 Å². The molecule has 0 aliphatic heterocycles. The predicted molar refractivity (Wildman–Crippen MR) is 107 cm³/mol. The van der Waals surface area contributed by atoms with E-state index < -0.39 is 0 Å². The number of hydrogen-bond acceptors (Lipinski definition) is 3. The van der Waals surface area contributed by atoms with Gasteiger partial charge in [0.2, 0.25) is 0 Å². The van der Waals surface area contributed by atoms with Gasteiger partial charge in [0.25, 0.3) is 5.91 Å². The fraction of sp³-hybridized carbons (Fsp3) is 0.350. The number of ether oxygens (including phenoxy) is 1. The normalized spacial score (nSPS) is 10.7. The summed E-state index contributed by atoms with van der Waals surface area (Å²) in [5, 5.41) is 3.65. The number of carbonyl (C=O) groups excluding carboxylic acids is 1. The van der Waals surface area contributed by atoms with Crippen molar-refractivity contribution in [2.45, 2.75) is 25.5 Å². The summed E-state index contributed by atoms with van der Waals surface area (Å²) in [4.78, 5) is 11.8. The van der Waals surface area contributed by atoms with Crippen LogP contribution in [0.2, 0.25) is 5.02 Å². The van der Waals surface area contributed by atoms with Crippen molar-refractivity contribution in [3.8, 4) is 5.75 Å². The second kappa shape index (κ2) is 10.4. The molecule has 134 valence electrons. The maximum atomic E-state index is 11.8. The van der Waals surface area contributed by atoms with Gasteiger partial charge in [0.15, 0.2) is 6.61 Å².